The van der Waals surface area contributed by atoms with E-state index in [1.54, 1.807) is 36.4 Å². The van der Waals surface area contributed by atoms with Crippen molar-refractivity contribution in [3.8, 4) is 23.0 Å². The Hall–Kier alpha value is -3.08. The van der Waals surface area contributed by atoms with Gasteiger partial charge in [-0.2, -0.15) is 0 Å². The Morgan fingerprint density at radius 1 is 0.970 bits per heavy atom. The molecule has 0 fully saturated rings. The van der Waals surface area contributed by atoms with Gasteiger partial charge in [0.15, 0.2) is 16.5 Å². The second kappa shape index (κ2) is 11.7. The van der Waals surface area contributed by atoms with Crippen LogP contribution in [0.25, 0.3) is 0 Å². The zero-order valence-electron chi connectivity index (χ0n) is 18.5. The Balaban J connectivity index is 1.78. The summed E-state index contributed by atoms with van der Waals surface area (Å²) in [5, 5.41) is 10.4. The first-order valence-corrected chi connectivity index (χ1v) is 11.5. The molecule has 0 saturated carbocycles. The van der Waals surface area contributed by atoms with Crippen LogP contribution in [0.2, 0.25) is 5.02 Å². The SMILES string of the molecule is CCOc1cc(C(=O)N(N)c2nnc(COc3ccc(Cl)cc3)s2)cc(OCC)c1OCC. The fourth-order valence-electron chi connectivity index (χ4n) is 2.81. The minimum Gasteiger partial charge on any atom is -0.490 e. The highest BCUT2D eigenvalue weighted by molar-refractivity contribution is 7.15. The zero-order chi connectivity index (χ0) is 23.8. The smallest absolute Gasteiger partial charge is 0.274 e. The molecule has 0 aliphatic rings. The van der Waals surface area contributed by atoms with Crippen molar-refractivity contribution in [3.63, 3.8) is 0 Å². The maximum absolute atomic E-state index is 13.1. The van der Waals surface area contributed by atoms with E-state index in [1.165, 1.54) is 0 Å². The van der Waals surface area contributed by atoms with Crippen LogP contribution in [-0.2, 0) is 6.61 Å². The maximum Gasteiger partial charge on any atom is 0.274 e. The minimum atomic E-state index is -0.499. The molecule has 0 spiro atoms. The molecule has 3 rings (SSSR count). The Morgan fingerprint density at radius 3 is 2.15 bits per heavy atom. The predicted octanol–water partition coefficient (Wildman–Crippen LogP) is 4.49. The number of benzene rings is 2. The molecular formula is C22H25ClN4O5S. The van der Waals surface area contributed by atoms with Crippen molar-refractivity contribution >= 4 is 34.0 Å². The van der Waals surface area contributed by atoms with Crippen molar-refractivity contribution in [3.05, 3.63) is 52.0 Å². The van der Waals surface area contributed by atoms with Gasteiger partial charge >= 0.3 is 0 Å². The number of amides is 1. The zero-order valence-corrected chi connectivity index (χ0v) is 20.1. The molecule has 2 N–H and O–H groups in total. The number of anilines is 1. The van der Waals surface area contributed by atoms with Crippen molar-refractivity contribution in [2.24, 2.45) is 5.84 Å². The molecule has 0 radical (unpaired) electrons. The van der Waals surface area contributed by atoms with E-state index in [2.05, 4.69) is 10.2 Å². The summed E-state index contributed by atoms with van der Waals surface area (Å²) in [6.07, 6.45) is 0. The molecule has 0 bridgehead atoms. The molecule has 0 atom stereocenters. The Morgan fingerprint density at radius 2 is 1.58 bits per heavy atom. The van der Waals surface area contributed by atoms with Crippen molar-refractivity contribution in [2.45, 2.75) is 27.4 Å². The number of nitrogens with two attached hydrogens (primary N) is 1. The monoisotopic (exact) mass is 492 g/mol. The lowest BCUT2D eigenvalue weighted by Crippen LogP contribution is -2.37. The summed E-state index contributed by atoms with van der Waals surface area (Å²) in [4.78, 5) is 13.1. The van der Waals surface area contributed by atoms with Gasteiger partial charge in [0.25, 0.3) is 5.91 Å². The van der Waals surface area contributed by atoms with Crippen LogP contribution in [0.15, 0.2) is 36.4 Å². The van der Waals surface area contributed by atoms with Gasteiger partial charge < -0.3 is 18.9 Å². The minimum absolute atomic E-state index is 0.174. The summed E-state index contributed by atoms with van der Waals surface area (Å²) in [5.74, 6) is 7.46. The van der Waals surface area contributed by atoms with Crippen molar-refractivity contribution in [1.29, 1.82) is 0 Å². The summed E-state index contributed by atoms with van der Waals surface area (Å²) < 4.78 is 22.7. The number of ether oxygens (including phenoxy) is 4. The van der Waals surface area contributed by atoms with Crippen LogP contribution < -0.4 is 29.8 Å². The number of rotatable bonds is 11. The normalized spacial score (nSPS) is 10.6. The number of carbonyl (C=O) groups is 1. The second-order valence-corrected chi connectivity index (χ2v) is 7.97. The highest BCUT2D eigenvalue weighted by atomic mass is 35.5. The molecule has 0 aliphatic heterocycles. The highest BCUT2D eigenvalue weighted by Gasteiger charge is 2.23. The van der Waals surface area contributed by atoms with Gasteiger partial charge in [-0.1, -0.05) is 22.9 Å². The van der Waals surface area contributed by atoms with E-state index >= 15 is 0 Å². The third-order valence-electron chi connectivity index (χ3n) is 4.21. The Kier molecular flexibility index (Phi) is 8.70. The number of halogens is 1. The first-order chi connectivity index (χ1) is 16.0. The number of carbonyl (C=O) groups excluding carboxylic acids is 1. The van der Waals surface area contributed by atoms with Crippen LogP contribution >= 0.6 is 22.9 Å². The Labute approximate surface area is 201 Å². The third kappa shape index (κ3) is 6.25. The molecule has 176 valence electrons. The highest BCUT2D eigenvalue weighted by Crippen LogP contribution is 2.39. The lowest BCUT2D eigenvalue weighted by Gasteiger charge is -2.18. The van der Waals surface area contributed by atoms with Crippen molar-refractivity contribution in [2.75, 3.05) is 24.8 Å². The number of hydrazine groups is 1. The fourth-order valence-corrected chi connectivity index (χ4v) is 3.61. The van der Waals surface area contributed by atoms with E-state index in [0.717, 1.165) is 16.3 Å². The molecular weight excluding hydrogens is 468 g/mol. The van der Waals surface area contributed by atoms with Gasteiger partial charge in [0.05, 0.1) is 19.8 Å². The van der Waals surface area contributed by atoms with Crippen LogP contribution in [0.4, 0.5) is 5.13 Å². The molecule has 0 aliphatic carbocycles. The molecule has 11 heteroatoms. The molecule has 1 amide bonds. The van der Waals surface area contributed by atoms with Crippen molar-refractivity contribution in [1.82, 2.24) is 10.2 Å². The van der Waals surface area contributed by atoms with E-state index in [1.807, 2.05) is 20.8 Å². The molecule has 2 aromatic carbocycles. The van der Waals surface area contributed by atoms with Crippen LogP contribution in [0.1, 0.15) is 36.1 Å². The third-order valence-corrected chi connectivity index (χ3v) is 5.36. The lowest BCUT2D eigenvalue weighted by molar-refractivity contribution is 0.0985. The first kappa shape index (κ1) is 24.6. The summed E-state index contributed by atoms with van der Waals surface area (Å²) in [7, 11) is 0. The van der Waals surface area contributed by atoms with E-state index in [9.17, 15) is 4.79 Å². The first-order valence-electron chi connectivity index (χ1n) is 10.3. The molecule has 1 aromatic heterocycles. The van der Waals surface area contributed by atoms with Crippen LogP contribution in [0.5, 0.6) is 23.0 Å². The van der Waals surface area contributed by atoms with E-state index in [-0.39, 0.29) is 17.3 Å². The van der Waals surface area contributed by atoms with Crippen LogP contribution in [0.3, 0.4) is 0 Å². The van der Waals surface area contributed by atoms with Gasteiger partial charge in [0.1, 0.15) is 12.4 Å². The van der Waals surface area contributed by atoms with Crippen molar-refractivity contribution < 1.29 is 23.7 Å². The quantitative estimate of drug-likeness (QED) is 0.237. The largest absolute Gasteiger partial charge is 0.490 e. The molecule has 0 unspecified atom stereocenters. The summed E-state index contributed by atoms with van der Waals surface area (Å²) >= 11 is 7.02. The molecule has 1 heterocycles. The lowest BCUT2D eigenvalue weighted by atomic mass is 10.1. The standard InChI is InChI=1S/C22H25ClN4O5S/c1-4-29-17-11-14(12-18(30-5-2)20(17)31-6-3)21(28)27(24)22-26-25-19(33-22)13-32-16-9-7-15(23)8-10-16/h7-12H,4-6,13,24H2,1-3H3. The predicted molar refractivity (Wildman–Crippen MR) is 127 cm³/mol. The van der Waals surface area contributed by atoms with E-state index in [4.69, 9.17) is 36.4 Å². The molecule has 33 heavy (non-hydrogen) atoms. The fraction of sp³-hybridized carbons (Fsp3) is 0.318. The van der Waals surface area contributed by atoms with Gasteiger partial charge in [-0.3, -0.25) is 4.79 Å². The summed E-state index contributed by atoms with van der Waals surface area (Å²) in [6, 6.07) is 10.1. The van der Waals surface area contributed by atoms with E-state index < -0.39 is 5.91 Å². The van der Waals surface area contributed by atoms with Gasteiger partial charge in [0.2, 0.25) is 10.9 Å². The average molecular weight is 493 g/mol. The molecule has 3 aromatic rings. The molecule has 9 nitrogen and oxygen atoms in total. The Bertz CT molecular complexity index is 1050. The van der Waals surface area contributed by atoms with Crippen LogP contribution in [-0.4, -0.2) is 35.9 Å². The van der Waals surface area contributed by atoms with Crippen LogP contribution in [0, 0.1) is 0 Å². The number of hydrogen-bond donors (Lipinski definition) is 1. The molecule has 0 saturated heterocycles. The number of nitrogens with zero attached hydrogens (tertiary/aromatic N) is 3. The average Bonchev–Trinajstić information content (AvgIpc) is 3.29. The number of hydrogen-bond acceptors (Lipinski definition) is 9. The second-order valence-electron chi connectivity index (χ2n) is 6.50. The van der Waals surface area contributed by atoms with Gasteiger partial charge in [-0.25, -0.2) is 10.9 Å². The number of aromatic nitrogens is 2. The topological polar surface area (TPSA) is 109 Å². The van der Waals surface area contributed by atoms with Gasteiger partial charge in [-0.15, -0.1) is 10.2 Å². The van der Waals surface area contributed by atoms with E-state index in [0.29, 0.717) is 52.8 Å². The summed E-state index contributed by atoms with van der Waals surface area (Å²) in [6.45, 7) is 6.92. The summed E-state index contributed by atoms with van der Waals surface area (Å²) in [5.41, 5.74) is 0.266. The van der Waals surface area contributed by atoms with Gasteiger partial charge in [-0.05, 0) is 57.2 Å². The maximum atomic E-state index is 13.1. The van der Waals surface area contributed by atoms with Gasteiger partial charge in [0, 0.05) is 10.6 Å².